The van der Waals surface area contributed by atoms with E-state index >= 15 is 0 Å². The van der Waals surface area contributed by atoms with E-state index in [1.165, 1.54) is 12.3 Å². The summed E-state index contributed by atoms with van der Waals surface area (Å²) in [6.45, 7) is 2.11. The Hall–Kier alpha value is -0.960. The fourth-order valence-electron chi connectivity index (χ4n) is 1.24. The number of unbranched alkanes of at least 4 members (excludes halogenated alkanes) is 1. The summed E-state index contributed by atoms with van der Waals surface area (Å²) in [4.78, 5) is 3.48. The fraction of sp³-hybridized carbons (Fsp3) is 0.500. The van der Waals surface area contributed by atoms with Gasteiger partial charge in [0.1, 0.15) is 0 Å². The minimum atomic E-state index is -0.454. The van der Waals surface area contributed by atoms with Crippen molar-refractivity contribution in [3.05, 3.63) is 29.8 Å². The second kappa shape index (κ2) is 4.92. The second-order valence-corrected chi connectivity index (χ2v) is 3.16. The van der Waals surface area contributed by atoms with Crippen LogP contribution in [-0.2, 0) is 0 Å². The van der Waals surface area contributed by atoms with Crippen molar-refractivity contribution in [2.24, 2.45) is 5.73 Å². The van der Waals surface area contributed by atoms with Crippen molar-refractivity contribution in [1.82, 2.24) is 4.98 Å². The normalized spacial score (nSPS) is 12.8. The van der Waals surface area contributed by atoms with E-state index in [4.69, 9.17) is 5.73 Å². The molecule has 1 rings (SSSR count). The van der Waals surface area contributed by atoms with Gasteiger partial charge in [0.15, 0.2) is 0 Å². The van der Waals surface area contributed by atoms with E-state index in [1.54, 1.807) is 6.07 Å². The molecule has 0 spiro atoms. The SMILES string of the molecule is CCCCC(N)c1ccnc(F)c1. The Kier molecular flexibility index (Phi) is 3.83. The molecule has 3 heteroatoms. The van der Waals surface area contributed by atoms with Crippen LogP contribution in [0.25, 0.3) is 0 Å². The summed E-state index contributed by atoms with van der Waals surface area (Å²) in [7, 11) is 0. The average Bonchev–Trinajstić information content (AvgIpc) is 2.14. The molecular formula is C10H15FN2. The highest BCUT2D eigenvalue weighted by Gasteiger charge is 2.05. The quantitative estimate of drug-likeness (QED) is 0.726. The third kappa shape index (κ3) is 3.11. The highest BCUT2D eigenvalue weighted by Crippen LogP contribution is 2.16. The molecule has 0 aromatic carbocycles. The van der Waals surface area contributed by atoms with Gasteiger partial charge in [0.25, 0.3) is 0 Å². The van der Waals surface area contributed by atoms with E-state index in [0.717, 1.165) is 24.8 Å². The number of hydrogen-bond acceptors (Lipinski definition) is 2. The minimum Gasteiger partial charge on any atom is -0.324 e. The summed E-state index contributed by atoms with van der Waals surface area (Å²) in [5.41, 5.74) is 6.69. The van der Waals surface area contributed by atoms with Crippen molar-refractivity contribution in [2.45, 2.75) is 32.2 Å². The maximum absolute atomic E-state index is 12.7. The highest BCUT2D eigenvalue weighted by atomic mass is 19.1. The molecule has 0 radical (unpaired) electrons. The predicted molar refractivity (Wildman–Crippen MR) is 50.6 cm³/mol. The monoisotopic (exact) mass is 182 g/mol. The molecule has 0 fully saturated rings. The Morgan fingerprint density at radius 2 is 2.38 bits per heavy atom. The van der Waals surface area contributed by atoms with E-state index in [2.05, 4.69) is 11.9 Å². The van der Waals surface area contributed by atoms with Gasteiger partial charge in [0.2, 0.25) is 5.95 Å². The van der Waals surface area contributed by atoms with Crippen LogP contribution in [0.5, 0.6) is 0 Å². The molecule has 72 valence electrons. The van der Waals surface area contributed by atoms with E-state index in [1.807, 2.05) is 0 Å². The first-order valence-electron chi connectivity index (χ1n) is 4.61. The van der Waals surface area contributed by atoms with Crippen molar-refractivity contribution in [3.8, 4) is 0 Å². The van der Waals surface area contributed by atoms with Crippen molar-refractivity contribution in [3.63, 3.8) is 0 Å². The van der Waals surface area contributed by atoms with Gasteiger partial charge in [-0.05, 0) is 24.1 Å². The largest absolute Gasteiger partial charge is 0.324 e. The molecule has 1 unspecified atom stereocenters. The number of aromatic nitrogens is 1. The van der Waals surface area contributed by atoms with Gasteiger partial charge in [0.05, 0.1) is 0 Å². The van der Waals surface area contributed by atoms with Crippen LogP contribution >= 0.6 is 0 Å². The molecule has 0 bridgehead atoms. The number of halogens is 1. The third-order valence-corrected chi connectivity index (χ3v) is 2.05. The molecule has 0 aliphatic carbocycles. The lowest BCUT2D eigenvalue weighted by Crippen LogP contribution is -2.10. The molecule has 0 aliphatic heterocycles. The van der Waals surface area contributed by atoms with Crippen LogP contribution in [0.2, 0.25) is 0 Å². The Labute approximate surface area is 78.0 Å². The average molecular weight is 182 g/mol. The number of rotatable bonds is 4. The summed E-state index contributed by atoms with van der Waals surface area (Å²) < 4.78 is 12.7. The zero-order valence-electron chi connectivity index (χ0n) is 7.83. The first kappa shape index (κ1) is 10.1. The molecule has 0 saturated carbocycles. The molecule has 1 atom stereocenters. The van der Waals surface area contributed by atoms with Crippen LogP contribution < -0.4 is 5.73 Å². The predicted octanol–water partition coefficient (Wildman–Crippen LogP) is 2.41. The second-order valence-electron chi connectivity index (χ2n) is 3.16. The lowest BCUT2D eigenvalue weighted by Gasteiger charge is -2.10. The van der Waals surface area contributed by atoms with Crippen LogP contribution in [0.4, 0.5) is 4.39 Å². The number of nitrogens with two attached hydrogens (primary N) is 1. The molecule has 2 nitrogen and oxygen atoms in total. The maximum atomic E-state index is 12.7. The molecule has 0 aliphatic rings. The van der Waals surface area contributed by atoms with Crippen molar-refractivity contribution < 1.29 is 4.39 Å². The summed E-state index contributed by atoms with van der Waals surface area (Å²) in [5.74, 6) is -0.454. The van der Waals surface area contributed by atoms with Gasteiger partial charge >= 0.3 is 0 Å². The van der Waals surface area contributed by atoms with Crippen LogP contribution in [0.15, 0.2) is 18.3 Å². The van der Waals surface area contributed by atoms with Crippen LogP contribution in [0, 0.1) is 5.95 Å². The van der Waals surface area contributed by atoms with Crippen molar-refractivity contribution in [1.29, 1.82) is 0 Å². The molecular weight excluding hydrogens is 167 g/mol. The third-order valence-electron chi connectivity index (χ3n) is 2.05. The molecule has 2 N–H and O–H groups in total. The number of pyridine rings is 1. The first-order chi connectivity index (χ1) is 6.24. The summed E-state index contributed by atoms with van der Waals surface area (Å²) >= 11 is 0. The highest BCUT2D eigenvalue weighted by molar-refractivity contribution is 5.14. The summed E-state index contributed by atoms with van der Waals surface area (Å²) in [6.07, 6.45) is 4.54. The van der Waals surface area contributed by atoms with Gasteiger partial charge in [-0.15, -0.1) is 0 Å². The van der Waals surface area contributed by atoms with Crippen LogP contribution in [0.1, 0.15) is 37.8 Å². The molecule has 1 aromatic rings. The van der Waals surface area contributed by atoms with E-state index in [0.29, 0.717) is 0 Å². The number of nitrogens with zero attached hydrogens (tertiary/aromatic N) is 1. The van der Waals surface area contributed by atoms with Crippen LogP contribution in [-0.4, -0.2) is 4.98 Å². The van der Waals surface area contributed by atoms with Crippen molar-refractivity contribution >= 4 is 0 Å². The summed E-state index contributed by atoms with van der Waals surface area (Å²) in [6, 6.07) is 3.11. The van der Waals surface area contributed by atoms with E-state index < -0.39 is 5.95 Å². The van der Waals surface area contributed by atoms with Gasteiger partial charge < -0.3 is 5.73 Å². The van der Waals surface area contributed by atoms with Gasteiger partial charge in [-0.25, -0.2) is 4.98 Å². The molecule has 0 saturated heterocycles. The topological polar surface area (TPSA) is 38.9 Å². The summed E-state index contributed by atoms with van der Waals surface area (Å²) in [5, 5.41) is 0. The number of hydrogen-bond donors (Lipinski definition) is 1. The van der Waals surface area contributed by atoms with Crippen LogP contribution in [0.3, 0.4) is 0 Å². The molecule has 1 aromatic heterocycles. The minimum absolute atomic E-state index is 0.0579. The Bertz CT molecular complexity index is 263. The van der Waals surface area contributed by atoms with Crippen molar-refractivity contribution in [2.75, 3.05) is 0 Å². The maximum Gasteiger partial charge on any atom is 0.213 e. The Balaban J connectivity index is 2.60. The van der Waals surface area contributed by atoms with Gasteiger partial charge in [-0.2, -0.15) is 4.39 Å². The standard InChI is InChI=1S/C10H15FN2/c1-2-3-4-9(12)8-5-6-13-10(11)7-8/h5-7,9H,2-4,12H2,1H3. The zero-order valence-corrected chi connectivity index (χ0v) is 7.83. The van der Waals surface area contributed by atoms with E-state index in [-0.39, 0.29) is 6.04 Å². The first-order valence-corrected chi connectivity index (χ1v) is 4.61. The fourth-order valence-corrected chi connectivity index (χ4v) is 1.24. The zero-order chi connectivity index (χ0) is 9.68. The Morgan fingerprint density at radius 1 is 1.62 bits per heavy atom. The lowest BCUT2D eigenvalue weighted by molar-refractivity contribution is 0.564. The lowest BCUT2D eigenvalue weighted by atomic mass is 10.0. The van der Waals surface area contributed by atoms with Gasteiger partial charge in [0, 0.05) is 12.2 Å². The smallest absolute Gasteiger partial charge is 0.213 e. The van der Waals surface area contributed by atoms with Gasteiger partial charge in [-0.1, -0.05) is 19.8 Å². The van der Waals surface area contributed by atoms with E-state index in [9.17, 15) is 4.39 Å². The molecule has 1 heterocycles. The van der Waals surface area contributed by atoms with Gasteiger partial charge in [-0.3, -0.25) is 0 Å². The molecule has 0 amide bonds. The Morgan fingerprint density at radius 3 is 3.00 bits per heavy atom. The molecule has 13 heavy (non-hydrogen) atoms.